The zero-order chi connectivity index (χ0) is 8.53. The van der Waals surface area contributed by atoms with Crippen molar-refractivity contribution >= 4 is 18.4 Å². The average molecular weight is 192 g/mol. The van der Waals surface area contributed by atoms with Crippen LogP contribution < -0.4 is 5.32 Å². The van der Waals surface area contributed by atoms with Gasteiger partial charge in [0.1, 0.15) is 0 Å². The molecule has 4 heteroatoms. The minimum absolute atomic E-state index is 0. The van der Waals surface area contributed by atoms with Crippen molar-refractivity contribution in [1.82, 2.24) is 5.32 Å². The summed E-state index contributed by atoms with van der Waals surface area (Å²) < 4.78 is 0. The molecule has 0 aromatic carbocycles. The van der Waals surface area contributed by atoms with E-state index in [2.05, 4.69) is 28.2 Å². The first-order chi connectivity index (χ1) is 5.31. The van der Waals surface area contributed by atoms with E-state index in [-0.39, 0.29) is 12.4 Å². The van der Waals surface area contributed by atoms with Gasteiger partial charge in [-0.1, -0.05) is 6.92 Å². The number of nitrogens with one attached hydrogen (secondary N) is 1. The maximum Gasteiger partial charge on any atom is 0.0892 e. The molecule has 1 N–H and O–H groups in total. The van der Waals surface area contributed by atoms with Crippen LogP contribution in [0.2, 0.25) is 0 Å². The van der Waals surface area contributed by atoms with Crippen molar-refractivity contribution in [3.05, 3.63) is 0 Å². The minimum atomic E-state index is 0. The molecule has 0 fully saturated rings. The molecule has 0 aromatic rings. The molecule has 0 amide bonds. The van der Waals surface area contributed by atoms with Gasteiger partial charge in [-0.25, -0.2) is 9.98 Å². The fourth-order valence-electron chi connectivity index (χ4n) is 0.730. The van der Waals surface area contributed by atoms with E-state index in [9.17, 15) is 0 Å². The molecule has 0 radical (unpaired) electrons. The summed E-state index contributed by atoms with van der Waals surface area (Å²) in [6.07, 6.45) is 0. The van der Waals surface area contributed by atoms with Crippen LogP contribution in [0, 0.1) is 5.92 Å². The third kappa shape index (κ3) is 9.63. The summed E-state index contributed by atoms with van der Waals surface area (Å²) >= 11 is 0. The smallest absolute Gasteiger partial charge is 0.0892 e. The molecule has 0 aliphatic rings. The fourth-order valence-corrected chi connectivity index (χ4v) is 0.730. The number of rotatable bonds is 5. The maximum atomic E-state index is 4.02. The molecule has 0 aliphatic heterocycles. The molecule has 1 atom stereocenters. The largest absolute Gasteiger partial charge is 0.319 e. The molecule has 3 nitrogen and oxygen atoms in total. The van der Waals surface area contributed by atoms with Gasteiger partial charge in [0.25, 0.3) is 0 Å². The highest BCUT2D eigenvalue weighted by Gasteiger charge is 1.95. The first kappa shape index (κ1) is 14.2. The number of nitrogens with zero attached hydrogens (tertiary/aromatic N) is 2. The summed E-state index contributed by atoms with van der Waals surface area (Å²) in [6.45, 7) is 6.69. The van der Waals surface area contributed by atoms with Gasteiger partial charge in [0.15, 0.2) is 0 Å². The molecule has 72 valence electrons. The maximum absolute atomic E-state index is 4.02. The van der Waals surface area contributed by atoms with Crippen molar-refractivity contribution in [3.63, 3.8) is 0 Å². The van der Waals surface area contributed by atoms with Crippen LogP contribution in [0.3, 0.4) is 0 Å². The Bertz CT molecular complexity index is 141. The quantitative estimate of drug-likeness (QED) is 0.657. The third-order valence-corrected chi connectivity index (χ3v) is 1.26. The van der Waals surface area contributed by atoms with Gasteiger partial charge >= 0.3 is 0 Å². The Labute approximate surface area is 80.8 Å². The predicted molar refractivity (Wildman–Crippen MR) is 55.6 cm³/mol. The summed E-state index contributed by atoms with van der Waals surface area (Å²) in [6, 6.07) is 2.65. The molecule has 0 saturated heterocycles. The normalized spacial score (nSPS) is 10.9. The van der Waals surface area contributed by atoms with Gasteiger partial charge in [-0.2, -0.15) is 0 Å². The van der Waals surface area contributed by atoms with Crippen LogP contribution in [0.1, 0.15) is 13.8 Å². The van der Waals surface area contributed by atoms with Crippen LogP contribution >= 0.6 is 12.4 Å². The van der Waals surface area contributed by atoms with Crippen molar-refractivity contribution in [2.24, 2.45) is 15.9 Å². The predicted octanol–water partition coefficient (Wildman–Crippen LogP) is 1.46. The van der Waals surface area contributed by atoms with E-state index in [1.165, 1.54) is 0 Å². The molecule has 1 unspecified atom stereocenters. The van der Waals surface area contributed by atoms with Gasteiger partial charge in [0.05, 0.1) is 12.6 Å². The second-order valence-corrected chi connectivity index (χ2v) is 2.58. The molecular weight excluding hydrogens is 174 g/mol. The average Bonchev–Trinajstić information content (AvgIpc) is 1.99. The Morgan fingerprint density at radius 3 is 2.58 bits per heavy atom. The van der Waals surface area contributed by atoms with Crippen molar-refractivity contribution in [2.45, 2.75) is 13.8 Å². The minimum Gasteiger partial charge on any atom is -0.319 e. The summed E-state index contributed by atoms with van der Waals surface area (Å²) in [5.74, 6) is 0.569. The molecule has 12 heavy (non-hydrogen) atoms. The van der Waals surface area contributed by atoms with Gasteiger partial charge in [-0.05, 0) is 26.4 Å². The zero-order valence-electron chi connectivity index (χ0n) is 8.00. The zero-order valence-corrected chi connectivity index (χ0v) is 8.82. The van der Waals surface area contributed by atoms with E-state index in [1.54, 1.807) is 0 Å². The van der Waals surface area contributed by atoms with Crippen molar-refractivity contribution < 1.29 is 0 Å². The van der Waals surface area contributed by atoms with Crippen LogP contribution in [0.5, 0.6) is 0 Å². The standard InChI is InChI=1S/C8H17N3.ClH/c1-4-10-7-11-6-8(2)5-9-3;/h8-9H,4-6H2,1-3H3;1H. The van der Waals surface area contributed by atoms with Gasteiger partial charge in [-0.3, -0.25) is 0 Å². The molecule has 0 rings (SSSR count). The van der Waals surface area contributed by atoms with E-state index in [4.69, 9.17) is 0 Å². The summed E-state index contributed by atoms with van der Waals surface area (Å²) in [5, 5.41) is 3.09. The van der Waals surface area contributed by atoms with E-state index < -0.39 is 0 Å². The van der Waals surface area contributed by atoms with Crippen molar-refractivity contribution in [1.29, 1.82) is 0 Å². The van der Waals surface area contributed by atoms with Gasteiger partial charge in [0, 0.05) is 6.54 Å². The highest BCUT2D eigenvalue weighted by Crippen LogP contribution is 1.90. The van der Waals surface area contributed by atoms with Crippen molar-refractivity contribution in [3.8, 4) is 0 Å². The summed E-state index contributed by atoms with van der Waals surface area (Å²) in [4.78, 5) is 7.89. The summed E-state index contributed by atoms with van der Waals surface area (Å²) in [5.41, 5.74) is 0. The number of aliphatic imine (C=N–C) groups is 2. The second kappa shape index (κ2) is 10.6. The molecule has 0 aromatic heterocycles. The second-order valence-electron chi connectivity index (χ2n) is 2.58. The molecule has 0 aliphatic carbocycles. The van der Waals surface area contributed by atoms with Crippen LogP contribution in [0.4, 0.5) is 0 Å². The lowest BCUT2D eigenvalue weighted by Gasteiger charge is -2.04. The molecule has 0 spiro atoms. The molecular formula is C8H18ClN3. The summed E-state index contributed by atoms with van der Waals surface area (Å²) in [7, 11) is 1.94. The molecule has 0 bridgehead atoms. The van der Waals surface area contributed by atoms with Gasteiger partial charge in [0.2, 0.25) is 0 Å². The lowest BCUT2D eigenvalue weighted by Crippen LogP contribution is -2.18. The lowest BCUT2D eigenvalue weighted by atomic mass is 10.2. The molecule has 0 saturated carbocycles. The first-order valence-corrected chi connectivity index (χ1v) is 4.03. The topological polar surface area (TPSA) is 36.8 Å². The van der Waals surface area contributed by atoms with E-state index >= 15 is 0 Å². The lowest BCUT2D eigenvalue weighted by molar-refractivity contribution is 0.557. The van der Waals surface area contributed by atoms with E-state index in [0.29, 0.717) is 5.92 Å². The Hall–Kier alpha value is -0.370. The van der Waals surface area contributed by atoms with Crippen molar-refractivity contribution in [2.75, 3.05) is 26.7 Å². The number of hydrogen-bond acceptors (Lipinski definition) is 3. The Morgan fingerprint density at radius 1 is 1.42 bits per heavy atom. The third-order valence-electron chi connectivity index (χ3n) is 1.26. The Balaban J connectivity index is 0. The Morgan fingerprint density at radius 2 is 2.08 bits per heavy atom. The highest BCUT2D eigenvalue weighted by atomic mass is 35.5. The Kier molecular flexibility index (Phi) is 12.6. The number of hydrogen-bond donors (Lipinski definition) is 1. The van der Waals surface area contributed by atoms with Crippen LogP contribution in [-0.4, -0.2) is 32.7 Å². The SMILES string of the molecule is CCN=C=NCC(C)CNC.Cl. The van der Waals surface area contributed by atoms with E-state index in [0.717, 1.165) is 19.6 Å². The highest BCUT2D eigenvalue weighted by molar-refractivity contribution is 5.85. The number of halogens is 1. The monoisotopic (exact) mass is 191 g/mol. The fraction of sp³-hybridized carbons (Fsp3) is 0.875. The molecule has 0 heterocycles. The first-order valence-electron chi connectivity index (χ1n) is 4.03. The van der Waals surface area contributed by atoms with Crippen LogP contribution in [0.25, 0.3) is 0 Å². The van der Waals surface area contributed by atoms with Gasteiger partial charge < -0.3 is 5.32 Å². The van der Waals surface area contributed by atoms with Crippen LogP contribution in [-0.2, 0) is 0 Å². The van der Waals surface area contributed by atoms with E-state index in [1.807, 2.05) is 14.0 Å². The van der Waals surface area contributed by atoms with Gasteiger partial charge in [-0.15, -0.1) is 12.4 Å². The van der Waals surface area contributed by atoms with Crippen LogP contribution in [0.15, 0.2) is 9.98 Å².